The number of rotatable bonds is 4. The minimum absolute atomic E-state index is 0.268. The second-order valence-corrected chi connectivity index (χ2v) is 5.26. The highest BCUT2D eigenvalue weighted by atomic mass is 16.1. The minimum Gasteiger partial charge on any atom is -0.306 e. The highest BCUT2D eigenvalue weighted by Gasteiger charge is 2.12. The van der Waals surface area contributed by atoms with Gasteiger partial charge in [0.05, 0.1) is 12.4 Å². The van der Waals surface area contributed by atoms with Crippen molar-refractivity contribution < 1.29 is 0 Å². The van der Waals surface area contributed by atoms with Gasteiger partial charge >= 0.3 is 0 Å². The molecule has 1 N–H and O–H groups in total. The van der Waals surface area contributed by atoms with Gasteiger partial charge in [-0.2, -0.15) is 14.9 Å². The molecule has 0 aliphatic carbocycles. The van der Waals surface area contributed by atoms with Gasteiger partial charge in [0.15, 0.2) is 5.65 Å². The van der Waals surface area contributed by atoms with Crippen LogP contribution < -0.4 is 5.56 Å². The molecule has 4 heterocycles. The number of aromatic amines is 1. The molecule has 4 aromatic heterocycles. The van der Waals surface area contributed by atoms with Crippen molar-refractivity contribution in [3.05, 3.63) is 58.8 Å². The van der Waals surface area contributed by atoms with Crippen molar-refractivity contribution in [2.24, 2.45) is 0 Å². The van der Waals surface area contributed by atoms with E-state index in [2.05, 4.69) is 30.1 Å². The summed E-state index contributed by atoms with van der Waals surface area (Å²) in [6, 6.07) is 1.71. The molecule has 0 spiro atoms. The molecule has 9 heteroatoms. The van der Waals surface area contributed by atoms with Gasteiger partial charge in [0.2, 0.25) is 0 Å². The summed E-state index contributed by atoms with van der Waals surface area (Å²) in [5.41, 5.74) is 1.06. The van der Waals surface area contributed by atoms with Crippen molar-refractivity contribution >= 4 is 23.2 Å². The summed E-state index contributed by atoms with van der Waals surface area (Å²) in [4.78, 5) is 27.8. The molecule has 0 saturated carbocycles. The van der Waals surface area contributed by atoms with E-state index in [4.69, 9.17) is 0 Å². The van der Waals surface area contributed by atoms with E-state index in [1.54, 1.807) is 30.7 Å². The molecule has 4 aromatic rings. The average molecular weight is 334 g/mol. The molecule has 0 aromatic carbocycles. The maximum Gasteiger partial charge on any atom is 0.262 e. The van der Waals surface area contributed by atoms with Gasteiger partial charge in [0.25, 0.3) is 11.5 Å². The summed E-state index contributed by atoms with van der Waals surface area (Å²) in [6.45, 7) is 2.81. The lowest BCUT2D eigenvalue weighted by atomic mass is 10.3. The lowest BCUT2D eigenvalue weighted by Gasteiger charge is -2.00. The van der Waals surface area contributed by atoms with E-state index in [0.717, 1.165) is 12.1 Å². The molecule has 25 heavy (non-hydrogen) atoms. The summed E-state index contributed by atoms with van der Waals surface area (Å²) in [5, 5.41) is 8.75. The Morgan fingerprint density at radius 2 is 2.00 bits per heavy atom. The number of H-pyrrole nitrogens is 1. The van der Waals surface area contributed by atoms with Gasteiger partial charge < -0.3 is 4.98 Å². The van der Waals surface area contributed by atoms with E-state index in [9.17, 15) is 4.79 Å². The van der Waals surface area contributed by atoms with Gasteiger partial charge in [0.1, 0.15) is 11.2 Å². The Bertz CT molecular complexity index is 1110. The molecule has 0 fully saturated rings. The van der Waals surface area contributed by atoms with Gasteiger partial charge in [-0.1, -0.05) is 0 Å². The fourth-order valence-electron chi connectivity index (χ4n) is 2.38. The zero-order valence-electron chi connectivity index (χ0n) is 13.4. The van der Waals surface area contributed by atoms with Crippen LogP contribution in [0, 0.1) is 0 Å². The average Bonchev–Trinajstić information content (AvgIpc) is 3.27. The summed E-state index contributed by atoms with van der Waals surface area (Å²) in [6.07, 6.45) is 11.9. The standard InChI is InChI=1S/C16H14N8O/c1-2-23-10-11(8-19-23)4-5-13-21-14-12(15(25)22-13)9-20-24(14)16-17-6-3-7-18-16/h3-10H,2H2,1H3,(H,21,22,25)/b5-4+. The lowest BCUT2D eigenvalue weighted by molar-refractivity contribution is 0.660. The highest BCUT2D eigenvalue weighted by Crippen LogP contribution is 2.11. The van der Waals surface area contributed by atoms with Crippen LogP contribution >= 0.6 is 0 Å². The third-order valence-corrected chi connectivity index (χ3v) is 3.61. The molecule has 9 nitrogen and oxygen atoms in total. The molecule has 4 rings (SSSR count). The van der Waals surface area contributed by atoms with Crippen molar-refractivity contribution in [3.63, 3.8) is 0 Å². The lowest BCUT2D eigenvalue weighted by Crippen LogP contribution is -2.11. The topological polar surface area (TPSA) is 107 Å². The fraction of sp³-hybridized carbons (Fsp3) is 0.125. The normalized spacial score (nSPS) is 11.6. The number of hydrogen-bond acceptors (Lipinski definition) is 6. The number of hydrogen-bond donors (Lipinski definition) is 1. The smallest absolute Gasteiger partial charge is 0.262 e. The first-order valence-corrected chi connectivity index (χ1v) is 7.70. The second-order valence-electron chi connectivity index (χ2n) is 5.26. The number of fused-ring (bicyclic) bond motifs is 1. The van der Waals surface area contributed by atoms with E-state index in [1.165, 1.54) is 10.9 Å². The van der Waals surface area contributed by atoms with Crippen LogP contribution in [-0.4, -0.2) is 39.5 Å². The number of nitrogens with one attached hydrogen (secondary N) is 1. The van der Waals surface area contributed by atoms with Crippen LogP contribution in [-0.2, 0) is 6.54 Å². The summed E-state index contributed by atoms with van der Waals surface area (Å²) in [5.74, 6) is 0.772. The van der Waals surface area contributed by atoms with Crippen LogP contribution in [0.1, 0.15) is 18.3 Å². The third-order valence-electron chi connectivity index (χ3n) is 3.61. The molecule has 0 saturated heterocycles. The van der Waals surface area contributed by atoms with Gasteiger partial charge in [-0.25, -0.2) is 15.0 Å². The number of nitrogens with zero attached hydrogens (tertiary/aromatic N) is 7. The van der Waals surface area contributed by atoms with Gasteiger partial charge in [-0.3, -0.25) is 9.48 Å². The van der Waals surface area contributed by atoms with E-state index in [0.29, 0.717) is 22.8 Å². The Morgan fingerprint density at radius 1 is 1.16 bits per heavy atom. The van der Waals surface area contributed by atoms with E-state index >= 15 is 0 Å². The SMILES string of the molecule is CCn1cc(/C=C/c2nc3c(cnn3-c3ncccn3)c(=O)[nH]2)cn1. The third kappa shape index (κ3) is 2.82. The first kappa shape index (κ1) is 14.9. The Morgan fingerprint density at radius 3 is 2.76 bits per heavy atom. The molecule has 0 aliphatic rings. The molecule has 0 amide bonds. The Hall–Kier alpha value is -3.62. The highest BCUT2D eigenvalue weighted by molar-refractivity contribution is 5.76. The monoisotopic (exact) mass is 334 g/mol. The Kier molecular flexibility index (Phi) is 3.65. The maximum atomic E-state index is 12.3. The van der Waals surface area contributed by atoms with Crippen molar-refractivity contribution in [1.29, 1.82) is 0 Å². The maximum absolute atomic E-state index is 12.3. The molecule has 0 unspecified atom stereocenters. The van der Waals surface area contributed by atoms with Crippen molar-refractivity contribution in [3.8, 4) is 5.95 Å². The Balaban J connectivity index is 1.76. The van der Waals surface area contributed by atoms with E-state index in [1.807, 2.05) is 23.9 Å². The quantitative estimate of drug-likeness (QED) is 0.602. The van der Waals surface area contributed by atoms with Crippen molar-refractivity contribution in [2.75, 3.05) is 0 Å². The second kappa shape index (κ2) is 6.11. The van der Waals surface area contributed by atoms with Gasteiger partial charge in [0, 0.05) is 30.7 Å². The zero-order valence-corrected chi connectivity index (χ0v) is 13.4. The number of aromatic nitrogens is 8. The van der Waals surface area contributed by atoms with Crippen LogP contribution in [0.4, 0.5) is 0 Å². The molecule has 0 aliphatic heterocycles. The van der Waals surface area contributed by atoms with Crippen LogP contribution in [0.15, 0.2) is 41.8 Å². The Labute approximate surface area is 141 Å². The van der Waals surface area contributed by atoms with Crippen molar-refractivity contribution in [1.82, 2.24) is 39.5 Å². The molecule has 124 valence electrons. The summed E-state index contributed by atoms with van der Waals surface area (Å²) >= 11 is 0. The molecular weight excluding hydrogens is 320 g/mol. The molecule has 0 atom stereocenters. The van der Waals surface area contributed by atoms with Gasteiger partial charge in [-0.15, -0.1) is 0 Å². The van der Waals surface area contributed by atoms with Gasteiger partial charge in [-0.05, 0) is 25.1 Å². The largest absolute Gasteiger partial charge is 0.306 e. The number of aryl methyl sites for hydroxylation is 1. The van der Waals surface area contributed by atoms with E-state index < -0.39 is 0 Å². The zero-order chi connectivity index (χ0) is 17.2. The van der Waals surface area contributed by atoms with Crippen LogP contribution in [0.25, 0.3) is 29.1 Å². The van der Waals surface area contributed by atoms with Crippen LogP contribution in [0.2, 0.25) is 0 Å². The molecular formula is C16H14N8O. The summed E-state index contributed by atoms with van der Waals surface area (Å²) < 4.78 is 3.26. The fourth-order valence-corrected chi connectivity index (χ4v) is 2.38. The predicted octanol–water partition coefficient (Wildman–Crippen LogP) is 1.29. The van der Waals surface area contributed by atoms with Crippen LogP contribution in [0.5, 0.6) is 0 Å². The van der Waals surface area contributed by atoms with E-state index in [-0.39, 0.29) is 5.56 Å². The first-order chi connectivity index (χ1) is 12.2. The molecule has 0 bridgehead atoms. The summed E-state index contributed by atoms with van der Waals surface area (Å²) in [7, 11) is 0. The van der Waals surface area contributed by atoms with Crippen LogP contribution in [0.3, 0.4) is 0 Å². The molecule has 0 radical (unpaired) electrons. The minimum atomic E-state index is -0.268. The first-order valence-electron chi connectivity index (χ1n) is 7.70. The predicted molar refractivity (Wildman–Crippen MR) is 91.9 cm³/mol. The van der Waals surface area contributed by atoms with Crippen molar-refractivity contribution in [2.45, 2.75) is 13.5 Å².